The number of likely N-dealkylation sites (N-methyl/N-ethyl adjacent to an activating group) is 1. The number of pyridine rings is 1. The van der Waals surface area contributed by atoms with Gasteiger partial charge in [-0.3, -0.25) is 4.79 Å². The van der Waals surface area contributed by atoms with Crippen molar-refractivity contribution in [2.24, 2.45) is 5.92 Å². The lowest BCUT2D eigenvalue weighted by Crippen LogP contribution is -2.51. The number of nitrogens with zero attached hydrogens (tertiary/aromatic N) is 3. The van der Waals surface area contributed by atoms with Crippen molar-refractivity contribution in [1.29, 1.82) is 0 Å². The van der Waals surface area contributed by atoms with Gasteiger partial charge in [-0.15, -0.1) is 0 Å². The average Bonchev–Trinajstić information content (AvgIpc) is 2.80. The summed E-state index contributed by atoms with van der Waals surface area (Å²) in [7, 11) is 1.68. The maximum atomic E-state index is 14.4. The van der Waals surface area contributed by atoms with E-state index in [1.54, 1.807) is 43.1 Å². The van der Waals surface area contributed by atoms with Crippen molar-refractivity contribution in [2.75, 3.05) is 26.7 Å². The highest BCUT2D eigenvalue weighted by atomic mass is 19.1. The molecule has 0 bridgehead atoms. The molecule has 1 aliphatic heterocycles. The molecule has 0 saturated heterocycles. The Morgan fingerprint density at radius 3 is 2.68 bits per heavy atom. The Bertz CT molecular complexity index is 1030. The summed E-state index contributed by atoms with van der Waals surface area (Å²) >= 11 is 0. The number of aliphatic hydroxyl groups is 1. The summed E-state index contributed by atoms with van der Waals surface area (Å²) in [6.07, 6.45) is 1.01. The Morgan fingerprint density at radius 1 is 1.32 bits per heavy atom. The van der Waals surface area contributed by atoms with E-state index in [9.17, 15) is 19.1 Å². The third-order valence-corrected chi connectivity index (χ3v) is 5.92. The number of aliphatic hydroxyl groups excluding tert-OH is 1. The molecule has 34 heavy (non-hydrogen) atoms. The zero-order valence-electron chi connectivity index (χ0n) is 20.3. The minimum atomic E-state index is -0.463. The Balaban J connectivity index is 2.00. The van der Waals surface area contributed by atoms with Crippen LogP contribution in [0, 0.1) is 11.7 Å². The number of hydrogen-bond acceptors (Lipinski definition) is 5. The van der Waals surface area contributed by atoms with E-state index in [0.717, 1.165) is 0 Å². The molecule has 3 atom stereocenters. The first-order chi connectivity index (χ1) is 16.1. The fraction of sp³-hybridized carbons (Fsp3) is 0.480. The number of amides is 3. The number of fused-ring (bicyclic) bond motifs is 1. The molecule has 184 valence electrons. The molecule has 0 saturated carbocycles. The standard InChI is InChI=1S/C25H33FN4O4/c1-15(2)28-25(33)29(5)13-22-16(3)12-30(17(4)14-31)24(32)20-10-18(11-27-23(20)34-22)19-8-6-7-9-21(19)26/h6-11,15-17,22,31H,12-14H2,1-5H3,(H,28,33)/t16-,17+,22-/m1/s1. The normalized spacial score (nSPS) is 19.1. The van der Waals surface area contributed by atoms with Crippen LogP contribution in [-0.4, -0.2) is 76.8 Å². The van der Waals surface area contributed by atoms with Gasteiger partial charge in [-0.25, -0.2) is 14.2 Å². The minimum Gasteiger partial charge on any atom is -0.472 e. The maximum Gasteiger partial charge on any atom is 0.317 e. The van der Waals surface area contributed by atoms with Gasteiger partial charge in [0.15, 0.2) is 0 Å². The van der Waals surface area contributed by atoms with Gasteiger partial charge in [0.1, 0.15) is 17.5 Å². The first kappa shape index (κ1) is 25.4. The molecule has 1 aliphatic rings. The first-order valence-corrected chi connectivity index (χ1v) is 11.5. The molecule has 0 spiro atoms. The van der Waals surface area contributed by atoms with Crippen LogP contribution >= 0.6 is 0 Å². The van der Waals surface area contributed by atoms with Crippen LogP contribution in [0.2, 0.25) is 0 Å². The Kier molecular flexibility index (Phi) is 8.09. The van der Waals surface area contributed by atoms with E-state index in [0.29, 0.717) is 17.7 Å². The summed E-state index contributed by atoms with van der Waals surface area (Å²) in [5.41, 5.74) is 0.959. The van der Waals surface area contributed by atoms with Gasteiger partial charge in [-0.2, -0.15) is 0 Å². The number of carbonyl (C=O) groups excluding carboxylic acids is 2. The summed E-state index contributed by atoms with van der Waals surface area (Å²) in [5, 5.41) is 12.6. The van der Waals surface area contributed by atoms with Gasteiger partial charge in [-0.1, -0.05) is 25.1 Å². The summed E-state index contributed by atoms with van der Waals surface area (Å²) in [6, 6.07) is 7.16. The topological polar surface area (TPSA) is 95.0 Å². The SMILES string of the molecule is CC(C)NC(=O)N(C)C[C@H]1Oc2ncc(-c3ccccc3F)cc2C(=O)N([C@@H](C)CO)C[C@H]1C. The van der Waals surface area contributed by atoms with E-state index < -0.39 is 18.0 Å². The molecule has 2 aromatic rings. The molecule has 0 aliphatic carbocycles. The van der Waals surface area contributed by atoms with Gasteiger partial charge in [0, 0.05) is 42.9 Å². The van der Waals surface area contributed by atoms with Crippen LogP contribution in [0.1, 0.15) is 38.1 Å². The monoisotopic (exact) mass is 472 g/mol. The van der Waals surface area contributed by atoms with Crippen molar-refractivity contribution in [3.05, 3.63) is 47.9 Å². The third kappa shape index (κ3) is 5.64. The highest BCUT2D eigenvalue weighted by Gasteiger charge is 2.35. The molecule has 2 heterocycles. The van der Waals surface area contributed by atoms with Crippen molar-refractivity contribution < 1.29 is 23.8 Å². The van der Waals surface area contributed by atoms with Crippen LogP contribution in [0.25, 0.3) is 11.1 Å². The maximum absolute atomic E-state index is 14.4. The van der Waals surface area contributed by atoms with Crippen LogP contribution in [-0.2, 0) is 0 Å². The van der Waals surface area contributed by atoms with E-state index in [2.05, 4.69) is 10.3 Å². The number of hydrogen-bond donors (Lipinski definition) is 2. The van der Waals surface area contributed by atoms with E-state index >= 15 is 0 Å². The van der Waals surface area contributed by atoms with Crippen molar-refractivity contribution in [3.63, 3.8) is 0 Å². The predicted molar refractivity (Wildman–Crippen MR) is 127 cm³/mol. The first-order valence-electron chi connectivity index (χ1n) is 11.5. The summed E-state index contributed by atoms with van der Waals surface area (Å²) < 4.78 is 20.6. The van der Waals surface area contributed by atoms with E-state index in [1.807, 2.05) is 20.8 Å². The quantitative estimate of drug-likeness (QED) is 0.674. The molecule has 0 unspecified atom stereocenters. The highest BCUT2D eigenvalue weighted by Crippen LogP contribution is 2.31. The number of aromatic nitrogens is 1. The molecular weight excluding hydrogens is 439 g/mol. The van der Waals surface area contributed by atoms with E-state index in [1.165, 1.54) is 17.2 Å². The molecule has 1 aromatic heterocycles. The zero-order valence-corrected chi connectivity index (χ0v) is 20.3. The van der Waals surface area contributed by atoms with Crippen molar-refractivity contribution >= 4 is 11.9 Å². The number of halogens is 1. The largest absolute Gasteiger partial charge is 0.472 e. The Hall–Kier alpha value is -3.20. The van der Waals surface area contributed by atoms with E-state index in [4.69, 9.17) is 4.74 Å². The molecule has 1 aromatic carbocycles. The molecular formula is C25H33FN4O4. The Labute approximate surface area is 199 Å². The smallest absolute Gasteiger partial charge is 0.317 e. The van der Waals surface area contributed by atoms with E-state index in [-0.39, 0.29) is 48.5 Å². The second kappa shape index (κ2) is 10.8. The molecule has 0 fully saturated rings. The lowest BCUT2D eigenvalue weighted by Gasteiger charge is -2.37. The van der Waals surface area contributed by atoms with Gasteiger partial charge in [0.05, 0.1) is 19.2 Å². The summed E-state index contributed by atoms with van der Waals surface area (Å²) in [6.45, 7) is 7.83. The van der Waals surface area contributed by atoms with Crippen LogP contribution in [0.4, 0.5) is 9.18 Å². The second-order valence-corrected chi connectivity index (χ2v) is 9.16. The number of carbonyl (C=O) groups is 2. The van der Waals surface area contributed by atoms with Crippen molar-refractivity contribution in [2.45, 2.75) is 45.9 Å². The number of rotatable bonds is 6. The molecule has 9 heteroatoms. The van der Waals surface area contributed by atoms with Crippen LogP contribution in [0.3, 0.4) is 0 Å². The fourth-order valence-corrected chi connectivity index (χ4v) is 3.87. The van der Waals surface area contributed by atoms with Gasteiger partial charge >= 0.3 is 6.03 Å². The lowest BCUT2D eigenvalue weighted by molar-refractivity contribution is 0.0352. The van der Waals surface area contributed by atoms with Crippen molar-refractivity contribution in [1.82, 2.24) is 20.1 Å². The predicted octanol–water partition coefficient (Wildman–Crippen LogP) is 3.16. The van der Waals surface area contributed by atoms with Gasteiger partial charge in [0.2, 0.25) is 5.88 Å². The fourth-order valence-electron chi connectivity index (χ4n) is 3.87. The van der Waals surface area contributed by atoms with Gasteiger partial charge in [-0.05, 0) is 32.9 Å². The Morgan fingerprint density at radius 2 is 2.03 bits per heavy atom. The minimum absolute atomic E-state index is 0.0108. The average molecular weight is 473 g/mol. The molecule has 8 nitrogen and oxygen atoms in total. The zero-order chi connectivity index (χ0) is 25.0. The number of nitrogens with one attached hydrogen (secondary N) is 1. The lowest BCUT2D eigenvalue weighted by atomic mass is 9.99. The molecule has 0 radical (unpaired) electrons. The van der Waals surface area contributed by atoms with Gasteiger partial charge in [0.25, 0.3) is 5.91 Å². The number of ether oxygens (including phenoxy) is 1. The van der Waals surface area contributed by atoms with Gasteiger partial charge < -0.3 is 25.0 Å². The molecule has 2 N–H and O–H groups in total. The van der Waals surface area contributed by atoms with Crippen molar-refractivity contribution in [3.8, 4) is 17.0 Å². The highest BCUT2D eigenvalue weighted by molar-refractivity contribution is 5.98. The second-order valence-electron chi connectivity index (χ2n) is 9.16. The van der Waals surface area contributed by atoms with Crippen LogP contribution in [0.5, 0.6) is 5.88 Å². The third-order valence-electron chi connectivity index (χ3n) is 5.92. The number of benzene rings is 1. The summed E-state index contributed by atoms with van der Waals surface area (Å²) in [5.74, 6) is -0.810. The van der Waals surface area contributed by atoms with Crippen LogP contribution in [0.15, 0.2) is 36.5 Å². The summed E-state index contributed by atoms with van der Waals surface area (Å²) in [4.78, 5) is 33.4. The molecule has 3 rings (SSSR count). The van der Waals surface area contributed by atoms with Crippen LogP contribution < -0.4 is 10.1 Å². The molecule has 3 amide bonds. The number of urea groups is 1.